The smallest absolute Gasteiger partial charge is 0.188 e. The van der Waals surface area contributed by atoms with E-state index in [1.807, 2.05) is 0 Å². The molecule has 0 aliphatic rings. The Morgan fingerprint density at radius 3 is 2.82 bits per heavy atom. The number of halogens is 1. The highest BCUT2D eigenvalue weighted by Gasteiger charge is 2.06. The van der Waals surface area contributed by atoms with Crippen LogP contribution in [-0.2, 0) is 11.0 Å². The number of hydrogen-bond donors (Lipinski definition) is 1. The van der Waals surface area contributed by atoms with Crippen molar-refractivity contribution in [1.82, 2.24) is 9.78 Å². The minimum Gasteiger partial charge on any atom is -0.246 e. The monoisotopic (exact) mass is 177 g/mol. The highest BCUT2D eigenvalue weighted by Crippen LogP contribution is 2.06. The second kappa shape index (κ2) is 3.10. The molecule has 0 saturated heterocycles. The van der Waals surface area contributed by atoms with Crippen molar-refractivity contribution in [3.63, 3.8) is 0 Å². The predicted octanol–water partition coefficient (Wildman–Crippen LogP) is 0.352. The van der Waals surface area contributed by atoms with Crippen LogP contribution in [0.1, 0.15) is 13.2 Å². The van der Waals surface area contributed by atoms with Crippen LogP contribution >= 0.6 is 0 Å². The summed E-state index contributed by atoms with van der Waals surface area (Å²) in [5.74, 6) is 0. The van der Waals surface area contributed by atoms with Gasteiger partial charge in [-0.05, 0) is 13.0 Å². The first-order valence-corrected chi connectivity index (χ1v) is 4.18. The number of rotatable bonds is 2. The number of alkyl halides is 1. The molecule has 0 spiro atoms. The van der Waals surface area contributed by atoms with Crippen molar-refractivity contribution in [2.24, 2.45) is 5.14 Å². The van der Waals surface area contributed by atoms with Crippen LogP contribution in [0, 0.1) is 0 Å². The van der Waals surface area contributed by atoms with Crippen molar-refractivity contribution in [1.29, 1.82) is 0 Å². The predicted molar refractivity (Wildman–Crippen MR) is 38.6 cm³/mol. The third kappa shape index (κ3) is 1.84. The summed E-state index contributed by atoms with van der Waals surface area (Å²) in [4.78, 5) is 0. The van der Waals surface area contributed by atoms with Gasteiger partial charge in [0.2, 0.25) is 0 Å². The van der Waals surface area contributed by atoms with Crippen LogP contribution in [0.15, 0.2) is 17.3 Å². The minimum atomic E-state index is -1.62. The number of nitrogens with zero attached hydrogens (tertiary/aromatic N) is 2. The standard InChI is InChI=1S/C5H8FN3OS/c1-4(6)9-3-2-5(8-9)11(7)10/h2-4H,7H2,1H3. The summed E-state index contributed by atoms with van der Waals surface area (Å²) < 4.78 is 24.1. The second-order valence-corrected chi connectivity index (χ2v) is 3.02. The van der Waals surface area contributed by atoms with Gasteiger partial charge in [0, 0.05) is 6.20 Å². The van der Waals surface area contributed by atoms with Gasteiger partial charge in [0.25, 0.3) is 0 Å². The molecular formula is C5H8FN3OS. The molecular weight excluding hydrogens is 169 g/mol. The average Bonchev–Trinajstić information content (AvgIpc) is 2.33. The molecule has 0 radical (unpaired) electrons. The van der Waals surface area contributed by atoms with E-state index in [4.69, 9.17) is 5.14 Å². The molecule has 0 bridgehead atoms. The molecule has 1 rings (SSSR count). The van der Waals surface area contributed by atoms with Gasteiger partial charge >= 0.3 is 0 Å². The Morgan fingerprint density at radius 2 is 2.55 bits per heavy atom. The van der Waals surface area contributed by atoms with Crippen LogP contribution in [0.25, 0.3) is 0 Å². The van der Waals surface area contributed by atoms with E-state index in [0.29, 0.717) is 0 Å². The third-order valence-electron chi connectivity index (χ3n) is 1.15. The summed E-state index contributed by atoms with van der Waals surface area (Å²) in [6.45, 7) is 1.33. The molecule has 6 heteroatoms. The zero-order valence-corrected chi connectivity index (χ0v) is 6.71. The Kier molecular flexibility index (Phi) is 2.35. The highest BCUT2D eigenvalue weighted by atomic mass is 32.2. The van der Waals surface area contributed by atoms with Crippen LogP contribution < -0.4 is 5.14 Å². The Labute approximate surface area is 65.8 Å². The number of nitrogens with two attached hydrogens (primary N) is 1. The Bertz CT molecular complexity index is 272. The van der Waals surface area contributed by atoms with Crippen LogP contribution in [0.2, 0.25) is 0 Å². The van der Waals surface area contributed by atoms with Gasteiger partial charge in [-0.3, -0.25) is 0 Å². The van der Waals surface area contributed by atoms with Gasteiger partial charge in [-0.1, -0.05) is 0 Å². The molecule has 4 nitrogen and oxygen atoms in total. The zero-order valence-electron chi connectivity index (χ0n) is 5.90. The van der Waals surface area contributed by atoms with Crippen LogP contribution in [-0.4, -0.2) is 14.0 Å². The van der Waals surface area contributed by atoms with E-state index in [1.165, 1.54) is 19.2 Å². The molecule has 0 aromatic carbocycles. The van der Waals surface area contributed by atoms with Gasteiger partial charge in [0.05, 0.1) is 0 Å². The maximum Gasteiger partial charge on any atom is 0.188 e. The minimum absolute atomic E-state index is 0.189. The molecule has 1 aromatic heterocycles. The van der Waals surface area contributed by atoms with Crippen molar-refractivity contribution in [3.8, 4) is 0 Å². The van der Waals surface area contributed by atoms with E-state index in [-0.39, 0.29) is 5.03 Å². The van der Waals surface area contributed by atoms with Gasteiger partial charge in [-0.25, -0.2) is 18.4 Å². The van der Waals surface area contributed by atoms with E-state index in [9.17, 15) is 8.60 Å². The SMILES string of the molecule is CC(F)n1ccc(S(N)=O)n1. The van der Waals surface area contributed by atoms with Crippen molar-refractivity contribution in [2.45, 2.75) is 18.2 Å². The summed E-state index contributed by atoms with van der Waals surface area (Å²) in [6, 6.07) is 1.42. The average molecular weight is 177 g/mol. The first-order chi connectivity index (χ1) is 5.11. The van der Waals surface area contributed by atoms with Gasteiger partial charge in [0.15, 0.2) is 11.3 Å². The van der Waals surface area contributed by atoms with Crippen molar-refractivity contribution < 1.29 is 8.60 Å². The lowest BCUT2D eigenvalue weighted by molar-refractivity contribution is 0.243. The van der Waals surface area contributed by atoms with Gasteiger partial charge < -0.3 is 0 Å². The van der Waals surface area contributed by atoms with Gasteiger partial charge in [-0.15, -0.1) is 0 Å². The summed E-state index contributed by atoms with van der Waals surface area (Å²) in [7, 11) is -1.62. The summed E-state index contributed by atoms with van der Waals surface area (Å²) >= 11 is 0. The normalized spacial score (nSPS) is 16.3. The molecule has 0 amide bonds. The lowest BCUT2D eigenvalue weighted by atomic mass is 10.7. The van der Waals surface area contributed by atoms with Crippen LogP contribution in [0.4, 0.5) is 4.39 Å². The Balaban J connectivity index is 2.90. The number of hydrogen-bond acceptors (Lipinski definition) is 2. The molecule has 1 aromatic rings. The summed E-state index contributed by atoms with van der Waals surface area (Å²) in [5, 5.41) is 8.82. The quantitative estimate of drug-likeness (QED) is 0.708. The fraction of sp³-hybridized carbons (Fsp3) is 0.400. The zero-order chi connectivity index (χ0) is 8.43. The van der Waals surface area contributed by atoms with Crippen molar-refractivity contribution in [2.75, 3.05) is 0 Å². The molecule has 0 fully saturated rings. The summed E-state index contributed by atoms with van der Waals surface area (Å²) in [5.41, 5.74) is 0. The maximum atomic E-state index is 12.5. The lowest BCUT2D eigenvalue weighted by Crippen LogP contribution is -2.06. The topological polar surface area (TPSA) is 60.9 Å². The highest BCUT2D eigenvalue weighted by molar-refractivity contribution is 7.82. The van der Waals surface area contributed by atoms with Crippen LogP contribution in [0.5, 0.6) is 0 Å². The van der Waals surface area contributed by atoms with Gasteiger partial charge in [0.1, 0.15) is 11.0 Å². The molecule has 11 heavy (non-hydrogen) atoms. The third-order valence-corrected chi connectivity index (χ3v) is 1.78. The van der Waals surface area contributed by atoms with E-state index in [2.05, 4.69) is 5.10 Å². The molecule has 2 N–H and O–H groups in total. The fourth-order valence-electron chi connectivity index (χ4n) is 0.626. The molecule has 2 unspecified atom stereocenters. The lowest BCUT2D eigenvalue weighted by Gasteiger charge is -1.98. The second-order valence-electron chi connectivity index (χ2n) is 2.01. The summed E-state index contributed by atoms with van der Waals surface area (Å²) in [6.07, 6.45) is 0.178. The van der Waals surface area contributed by atoms with Crippen molar-refractivity contribution in [3.05, 3.63) is 12.3 Å². The largest absolute Gasteiger partial charge is 0.246 e. The molecule has 62 valence electrons. The first kappa shape index (κ1) is 8.35. The molecule has 2 atom stereocenters. The van der Waals surface area contributed by atoms with E-state index < -0.39 is 17.3 Å². The van der Waals surface area contributed by atoms with E-state index in [1.54, 1.807) is 0 Å². The molecule has 0 saturated carbocycles. The Morgan fingerprint density at radius 1 is 1.91 bits per heavy atom. The van der Waals surface area contributed by atoms with E-state index in [0.717, 1.165) is 4.68 Å². The molecule has 0 aliphatic heterocycles. The van der Waals surface area contributed by atoms with Gasteiger partial charge in [-0.2, -0.15) is 5.10 Å². The first-order valence-electron chi connectivity index (χ1n) is 2.96. The fourth-order valence-corrected chi connectivity index (χ4v) is 0.996. The molecule has 0 aliphatic carbocycles. The molecule has 1 heterocycles. The number of aromatic nitrogens is 2. The Hall–Kier alpha value is -0.750. The van der Waals surface area contributed by atoms with Crippen molar-refractivity contribution >= 4 is 11.0 Å². The van der Waals surface area contributed by atoms with Crippen LogP contribution in [0.3, 0.4) is 0 Å². The van der Waals surface area contributed by atoms with E-state index >= 15 is 0 Å². The maximum absolute atomic E-state index is 12.5.